The highest BCUT2D eigenvalue weighted by Crippen LogP contribution is 2.15. The van der Waals surface area contributed by atoms with Gasteiger partial charge < -0.3 is 80.8 Å². The maximum atomic E-state index is 14.0. The third-order valence-electron chi connectivity index (χ3n) is 13.0. The molecule has 0 saturated heterocycles. The van der Waals surface area contributed by atoms with Crippen molar-refractivity contribution in [2.75, 3.05) is 20.2 Å². The fourth-order valence-corrected chi connectivity index (χ4v) is 8.29. The SMILES string of the molecule is CN=C(N)NCCC[C@H](NC(=O)[C@H](CC(C)C)NC(=O)NNC(=O)[C@H](Cc1ccccc1)NC(=O)[C@H](CO)NC(=O)[C@H](CC(N)=O)NC(=O)[C@@H](Cc1ccncc1)NC(=O)[C@H](N)Cc1ccc(O)cc1)C(=O)N[C@@H](Cc1ccccc1)C(N)=O.O=C(O)C(F)(F)F. The molecule has 494 valence electrons. The molecule has 30 nitrogen and oxygen atoms in total. The monoisotopic (exact) mass is 1280 g/mol. The summed E-state index contributed by atoms with van der Waals surface area (Å²) >= 11 is 0. The lowest BCUT2D eigenvalue weighted by atomic mass is 10.0. The van der Waals surface area contributed by atoms with E-state index in [9.17, 15) is 71.3 Å². The van der Waals surface area contributed by atoms with Crippen molar-refractivity contribution in [1.29, 1.82) is 0 Å². The van der Waals surface area contributed by atoms with E-state index in [2.05, 4.69) is 63.4 Å². The quantitative estimate of drug-likeness (QED) is 0.0103. The van der Waals surface area contributed by atoms with Gasteiger partial charge in [0.2, 0.25) is 47.3 Å². The van der Waals surface area contributed by atoms with E-state index < -0.39 is 133 Å². The predicted octanol–water partition coefficient (Wildman–Crippen LogP) is -2.66. The summed E-state index contributed by atoms with van der Waals surface area (Å²) in [5.74, 6) is -11.3. The molecule has 0 spiro atoms. The normalized spacial score (nSPS) is 13.8. The lowest BCUT2D eigenvalue weighted by Crippen LogP contribution is -2.61. The number of aliphatic hydroxyl groups is 1. The summed E-state index contributed by atoms with van der Waals surface area (Å²) in [6, 6.07) is 13.7. The number of amides is 11. The van der Waals surface area contributed by atoms with Gasteiger partial charge in [-0.1, -0.05) is 86.6 Å². The number of carbonyl (C=O) groups is 11. The average molecular weight is 1280 g/mol. The summed E-state index contributed by atoms with van der Waals surface area (Å²) in [7, 11) is 1.48. The van der Waals surface area contributed by atoms with Gasteiger partial charge in [0.1, 0.15) is 48.0 Å². The van der Waals surface area contributed by atoms with Crippen LogP contribution in [0.1, 0.15) is 61.8 Å². The minimum absolute atomic E-state index is 0.00135. The van der Waals surface area contributed by atoms with Crippen molar-refractivity contribution in [1.82, 2.24) is 58.4 Å². The minimum Gasteiger partial charge on any atom is -0.508 e. The average Bonchev–Trinajstić information content (AvgIpc) is 3.70. The molecule has 1 heterocycles. The van der Waals surface area contributed by atoms with E-state index in [4.69, 9.17) is 32.8 Å². The number of aromatic hydroxyl groups is 1. The number of halogens is 3. The standard InChI is InChI=1S/C56H76N16O12.C2HF3O2/c1-32(2)25-41(50(79)64-39(15-10-22-63-55(60)61-3)49(78)65-40(47(59)76)27-33-11-6-4-7-12-33)70-56(84)72-71-54(83)43(28-34-13-8-5-9-14-34)67-53(82)45(31-73)69-52(81)44(30-46(58)75)68-51(80)42(29-36-20-23-62-24-21-36)66-48(77)38(57)26-35-16-18-37(74)19-17-35;3-2(4,5)1(6)7/h4-9,11-14,16-21,23-24,32,38-45,73-74H,10,15,22,25-31,57H2,1-3H3,(H2,58,75)(H2,59,76)(H,64,79)(H,65,78)(H,66,77)(H,67,82)(H,68,80)(H,69,81)(H,71,83)(H3,60,61,63)(H2,70,72,84);(H,6,7)/t38-,39+,40+,41+,42-,43+,44+,45+;/m1./s1. The van der Waals surface area contributed by atoms with Gasteiger partial charge in [0, 0.05) is 45.2 Å². The van der Waals surface area contributed by atoms with E-state index in [1.54, 1.807) is 98.8 Å². The Morgan fingerprint density at radius 3 is 1.51 bits per heavy atom. The topological polar surface area (TPSA) is 498 Å². The Morgan fingerprint density at radius 2 is 0.989 bits per heavy atom. The van der Waals surface area contributed by atoms with Crippen LogP contribution in [0.5, 0.6) is 5.75 Å². The summed E-state index contributed by atoms with van der Waals surface area (Å²) in [5.41, 5.74) is 29.8. The number of benzene rings is 3. The van der Waals surface area contributed by atoms with Crippen molar-refractivity contribution in [2.45, 2.75) is 120 Å². The molecule has 0 radical (unpaired) electrons. The molecule has 3 aromatic carbocycles. The van der Waals surface area contributed by atoms with Crippen LogP contribution in [0.25, 0.3) is 0 Å². The number of carboxylic acids is 1. The number of phenols is 1. The second-order valence-electron chi connectivity index (χ2n) is 20.8. The van der Waals surface area contributed by atoms with Gasteiger partial charge in [-0.05, 0) is 78.1 Å². The first-order chi connectivity index (χ1) is 43.0. The largest absolute Gasteiger partial charge is 0.508 e. The number of phenolic OH excluding ortho intramolecular Hbond substituents is 1. The minimum atomic E-state index is -5.08. The van der Waals surface area contributed by atoms with E-state index >= 15 is 0 Å². The van der Waals surface area contributed by atoms with Gasteiger partial charge in [-0.25, -0.2) is 15.0 Å². The van der Waals surface area contributed by atoms with Crippen molar-refractivity contribution in [3.8, 4) is 5.75 Å². The maximum absolute atomic E-state index is 14.0. The van der Waals surface area contributed by atoms with Gasteiger partial charge in [-0.3, -0.25) is 58.6 Å². The number of carboxylic acid groups (broad SMARTS) is 1. The lowest BCUT2D eigenvalue weighted by Gasteiger charge is -2.26. The van der Waals surface area contributed by atoms with Crippen LogP contribution in [0.3, 0.4) is 0 Å². The van der Waals surface area contributed by atoms with E-state index in [-0.39, 0.29) is 69.1 Å². The summed E-state index contributed by atoms with van der Waals surface area (Å²) in [6.45, 7) is 2.72. The molecule has 8 atom stereocenters. The second kappa shape index (κ2) is 38.1. The number of hydrazine groups is 1. The number of aliphatic hydroxyl groups excluding tert-OH is 1. The zero-order valence-electron chi connectivity index (χ0n) is 49.8. The highest BCUT2D eigenvalue weighted by molar-refractivity contribution is 5.98. The molecule has 33 heteroatoms. The third-order valence-corrected chi connectivity index (χ3v) is 13.0. The zero-order valence-corrected chi connectivity index (χ0v) is 49.8. The third kappa shape index (κ3) is 28.5. The summed E-state index contributed by atoms with van der Waals surface area (Å²) in [4.78, 5) is 152. The number of nitrogens with two attached hydrogens (primary N) is 4. The van der Waals surface area contributed by atoms with Gasteiger partial charge >= 0.3 is 18.2 Å². The number of aliphatic imine (C=N–C) groups is 1. The van der Waals surface area contributed by atoms with Crippen LogP contribution >= 0.6 is 0 Å². The number of aromatic nitrogens is 1. The molecule has 4 rings (SSSR count). The Hall–Kier alpha value is -10.4. The zero-order chi connectivity index (χ0) is 67.8. The highest BCUT2D eigenvalue weighted by Gasteiger charge is 2.38. The Morgan fingerprint density at radius 1 is 0.549 bits per heavy atom. The molecule has 1 aromatic heterocycles. The van der Waals surface area contributed by atoms with Crippen LogP contribution in [0.2, 0.25) is 0 Å². The Labute approximate surface area is 520 Å². The van der Waals surface area contributed by atoms with E-state index in [1.807, 2.05) is 0 Å². The first-order valence-electron chi connectivity index (χ1n) is 28.1. The molecular formula is C58H77F3N16O14. The number of primary amides is 2. The van der Waals surface area contributed by atoms with Gasteiger partial charge in [-0.15, -0.1) is 0 Å². The van der Waals surface area contributed by atoms with Gasteiger partial charge in [0.25, 0.3) is 5.91 Å². The molecule has 4 aromatic rings. The fourth-order valence-electron chi connectivity index (χ4n) is 8.29. The molecule has 0 aliphatic carbocycles. The lowest BCUT2D eigenvalue weighted by molar-refractivity contribution is -0.192. The van der Waals surface area contributed by atoms with Gasteiger partial charge in [0.15, 0.2) is 5.96 Å². The van der Waals surface area contributed by atoms with E-state index in [0.29, 0.717) is 22.3 Å². The molecule has 0 unspecified atom stereocenters. The van der Waals surface area contributed by atoms with Crippen molar-refractivity contribution in [2.24, 2.45) is 33.8 Å². The Bertz CT molecular complexity index is 3100. The number of nitrogens with zero attached hydrogens (tertiary/aromatic N) is 2. The Kier molecular flexibility index (Phi) is 31.3. The van der Waals surface area contributed by atoms with Crippen LogP contribution in [0, 0.1) is 5.92 Å². The molecular weight excluding hydrogens is 1200 g/mol. The number of aliphatic carboxylic acids is 1. The molecule has 0 fully saturated rings. The summed E-state index contributed by atoms with van der Waals surface area (Å²) < 4.78 is 31.7. The molecule has 0 aliphatic rings. The summed E-state index contributed by atoms with van der Waals surface area (Å²) in [5, 5.41) is 47.5. The van der Waals surface area contributed by atoms with E-state index in [0.717, 1.165) is 0 Å². The van der Waals surface area contributed by atoms with Crippen molar-refractivity contribution < 1.29 is 81.2 Å². The van der Waals surface area contributed by atoms with E-state index in [1.165, 1.54) is 31.6 Å². The molecule has 21 N–H and O–H groups in total. The number of hydrogen-bond donors (Lipinski definition) is 17. The van der Waals surface area contributed by atoms with Crippen LogP contribution < -0.4 is 76.3 Å². The number of nitrogens with one attached hydrogen (secondary N) is 10. The molecule has 0 aliphatic heterocycles. The number of urea groups is 1. The molecule has 11 amide bonds. The maximum Gasteiger partial charge on any atom is 0.490 e. The highest BCUT2D eigenvalue weighted by atomic mass is 19.4. The van der Waals surface area contributed by atoms with Crippen molar-refractivity contribution >= 4 is 71.1 Å². The number of alkyl halides is 3. The first kappa shape index (κ1) is 74.8. The molecule has 0 bridgehead atoms. The van der Waals surface area contributed by atoms with Crippen LogP contribution in [-0.2, 0) is 73.6 Å². The van der Waals surface area contributed by atoms with Crippen LogP contribution in [0.4, 0.5) is 18.0 Å². The molecule has 91 heavy (non-hydrogen) atoms. The fraction of sp³-hybridized carbons (Fsp3) is 0.397. The predicted molar refractivity (Wildman–Crippen MR) is 321 cm³/mol. The van der Waals surface area contributed by atoms with Crippen LogP contribution in [-0.4, -0.2) is 166 Å². The number of rotatable bonds is 32. The smallest absolute Gasteiger partial charge is 0.490 e. The van der Waals surface area contributed by atoms with Crippen LogP contribution in [0.15, 0.2) is 114 Å². The van der Waals surface area contributed by atoms with Crippen molar-refractivity contribution in [3.05, 3.63) is 132 Å². The second-order valence-corrected chi connectivity index (χ2v) is 20.8. The number of hydrogen-bond acceptors (Lipinski definition) is 16. The number of carbonyl (C=O) groups excluding carboxylic acids is 10. The van der Waals surface area contributed by atoms with Gasteiger partial charge in [-0.2, -0.15) is 13.2 Å². The Balaban J connectivity index is 0.00000291. The number of guanidine groups is 1. The van der Waals surface area contributed by atoms with Gasteiger partial charge in [0.05, 0.1) is 19.1 Å². The first-order valence-corrected chi connectivity index (χ1v) is 28.1. The van der Waals surface area contributed by atoms with Crippen molar-refractivity contribution in [3.63, 3.8) is 0 Å². The number of pyridine rings is 1. The molecule has 0 saturated carbocycles. The summed E-state index contributed by atoms with van der Waals surface area (Å²) in [6.07, 6.45) is -2.92.